The number of rotatable bonds is 6. The number of piperidine rings is 1. The molecule has 0 aromatic heterocycles. The van der Waals surface area contributed by atoms with Crippen molar-refractivity contribution in [2.45, 2.75) is 19.8 Å². The van der Waals surface area contributed by atoms with Crippen LogP contribution in [-0.2, 0) is 9.53 Å². The molecule has 2 aromatic rings. The Labute approximate surface area is 166 Å². The summed E-state index contributed by atoms with van der Waals surface area (Å²) in [5.41, 5.74) is 1.45. The summed E-state index contributed by atoms with van der Waals surface area (Å²) in [7, 11) is 1.65. The van der Waals surface area contributed by atoms with Gasteiger partial charge in [0.25, 0.3) is 0 Å². The van der Waals surface area contributed by atoms with Crippen LogP contribution in [0.3, 0.4) is 0 Å². The van der Waals surface area contributed by atoms with E-state index in [1.165, 1.54) is 0 Å². The molecule has 0 spiro atoms. The van der Waals surface area contributed by atoms with E-state index in [1.54, 1.807) is 7.11 Å². The number of nitrogens with one attached hydrogen (secondary N) is 2. The maximum atomic E-state index is 12.8. The summed E-state index contributed by atoms with van der Waals surface area (Å²) in [5.74, 6) is 1.56. The van der Waals surface area contributed by atoms with Crippen molar-refractivity contribution in [3.8, 4) is 11.5 Å². The van der Waals surface area contributed by atoms with Crippen LogP contribution in [0.2, 0.25) is 0 Å². The third kappa shape index (κ3) is 5.45. The first-order valence-electron chi connectivity index (χ1n) is 8.97. The molecule has 1 fully saturated rings. The zero-order chi connectivity index (χ0) is 18.4. The Balaban J connectivity index is 0.00000261. The van der Waals surface area contributed by atoms with Gasteiger partial charge in [0.15, 0.2) is 0 Å². The number of aryl methyl sites for hydroxylation is 1. The van der Waals surface area contributed by atoms with Gasteiger partial charge in [-0.05, 0) is 74.8 Å². The molecule has 0 radical (unpaired) electrons. The summed E-state index contributed by atoms with van der Waals surface area (Å²) in [6.45, 7) is 4.14. The molecule has 0 aliphatic carbocycles. The van der Waals surface area contributed by atoms with Crippen molar-refractivity contribution in [3.05, 3.63) is 54.1 Å². The number of methoxy groups -OCH3 is 1. The molecule has 2 aromatic carbocycles. The molecule has 3 rings (SSSR count). The number of carbonyl (C=O) groups is 1. The standard InChI is InChI=1S/C21H26N2O3.ClH/c1-16-4-3-5-19(14-16)26-18-8-6-17(7-9-18)23-20(24)21(15-25-2)10-12-22-13-11-21;/h3-9,14,22H,10-13,15H2,1-2H3,(H,23,24);1H. The number of hydrogen-bond acceptors (Lipinski definition) is 4. The molecule has 2 N–H and O–H groups in total. The van der Waals surface area contributed by atoms with Crippen molar-refractivity contribution in [3.63, 3.8) is 0 Å². The maximum Gasteiger partial charge on any atom is 0.233 e. The summed E-state index contributed by atoms with van der Waals surface area (Å²) in [6.07, 6.45) is 1.56. The third-order valence-electron chi connectivity index (χ3n) is 4.80. The topological polar surface area (TPSA) is 59.6 Å². The predicted octanol–water partition coefficient (Wildman–Crippen LogP) is 4.16. The predicted molar refractivity (Wildman–Crippen MR) is 110 cm³/mol. The largest absolute Gasteiger partial charge is 0.457 e. The maximum absolute atomic E-state index is 12.8. The first-order valence-corrected chi connectivity index (χ1v) is 8.97. The van der Waals surface area contributed by atoms with Crippen LogP contribution < -0.4 is 15.4 Å². The normalized spacial score (nSPS) is 15.5. The molecule has 1 aliphatic heterocycles. The van der Waals surface area contributed by atoms with E-state index in [-0.39, 0.29) is 18.3 Å². The van der Waals surface area contributed by atoms with Crippen molar-refractivity contribution in [1.29, 1.82) is 0 Å². The van der Waals surface area contributed by atoms with Crippen molar-refractivity contribution >= 4 is 24.0 Å². The molecular weight excluding hydrogens is 364 g/mol. The van der Waals surface area contributed by atoms with Crippen molar-refractivity contribution in [1.82, 2.24) is 5.32 Å². The second-order valence-corrected chi connectivity index (χ2v) is 6.86. The van der Waals surface area contributed by atoms with Crippen LogP contribution in [0.4, 0.5) is 5.69 Å². The van der Waals surface area contributed by atoms with Crippen LogP contribution in [-0.4, -0.2) is 32.7 Å². The Morgan fingerprint density at radius 3 is 2.44 bits per heavy atom. The van der Waals surface area contributed by atoms with E-state index >= 15 is 0 Å². The highest BCUT2D eigenvalue weighted by Crippen LogP contribution is 2.31. The van der Waals surface area contributed by atoms with Crippen LogP contribution in [0.25, 0.3) is 0 Å². The van der Waals surface area contributed by atoms with Gasteiger partial charge in [-0.15, -0.1) is 12.4 Å². The molecule has 5 nitrogen and oxygen atoms in total. The Bertz CT molecular complexity index is 738. The van der Waals surface area contributed by atoms with Crippen molar-refractivity contribution < 1.29 is 14.3 Å². The fourth-order valence-electron chi connectivity index (χ4n) is 3.30. The quantitative estimate of drug-likeness (QED) is 0.777. The lowest BCUT2D eigenvalue weighted by molar-refractivity contribution is -0.130. The van der Waals surface area contributed by atoms with E-state index in [1.807, 2.05) is 55.5 Å². The first-order chi connectivity index (χ1) is 12.6. The SMILES string of the molecule is COCC1(C(=O)Nc2ccc(Oc3cccc(C)c3)cc2)CCNCC1.Cl. The van der Waals surface area contributed by atoms with Crippen LogP contribution >= 0.6 is 12.4 Å². The van der Waals surface area contributed by atoms with Gasteiger partial charge in [-0.2, -0.15) is 0 Å². The number of benzene rings is 2. The lowest BCUT2D eigenvalue weighted by Crippen LogP contribution is -2.47. The summed E-state index contributed by atoms with van der Waals surface area (Å²) in [4.78, 5) is 12.8. The molecule has 27 heavy (non-hydrogen) atoms. The number of carbonyl (C=O) groups excluding carboxylic acids is 1. The van der Waals surface area contributed by atoms with E-state index in [0.717, 1.165) is 48.7 Å². The molecule has 146 valence electrons. The summed E-state index contributed by atoms with van der Waals surface area (Å²) < 4.78 is 11.2. The number of hydrogen-bond donors (Lipinski definition) is 2. The van der Waals surface area contributed by atoms with Crippen molar-refractivity contribution in [2.24, 2.45) is 5.41 Å². The second-order valence-electron chi connectivity index (χ2n) is 6.86. The number of halogens is 1. The molecule has 1 aliphatic rings. The second kappa shape index (κ2) is 9.74. The van der Waals surface area contributed by atoms with Gasteiger partial charge in [-0.1, -0.05) is 12.1 Å². The number of amides is 1. The minimum atomic E-state index is -0.462. The smallest absolute Gasteiger partial charge is 0.233 e. The van der Waals surface area contributed by atoms with Gasteiger partial charge in [-0.25, -0.2) is 0 Å². The summed E-state index contributed by atoms with van der Waals surface area (Å²) in [5, 5.41) is 6.33. The highest BCUT2D eigenvalue weighted by atomic mass is 35.5. The lowest BCUT2D eigenvalue weighted by atomic mass is 9.78. The molecule has 0 bridgehead atoms. The average Bonchev–Trinajstić information content (AvgIpc) is 2.64. The fraction of sp³-hybridized carbons (Fsp3) is 0.381. The molecule has 1 saturated heterocycles. The molecule has 0 saturated carbocycles. The highest BCUT2D eigenvalue weighted by molar-refractivity contribution is 5.95. The van der Waals surface area contributed by atoms with E-state index in [4.69, 9.17) is 9.47 Å². The highest BCUT2D eigenvalue weighted by Gasteiger charge is 2.39. The number of anilines is 1. The van der Waals surface area contributed by atoms with Gasteiger partial charge in [-0.3, -0.25) is 4.79 Å². The molecule has 1 amide bonds. The average molecular weight is 391 g/mol. The van der Waals surface area contributed by atoms with E-state index in [2.05, 4.69) is 10.6 Å². The fourth-order valence-corrected chi connectivity index (χ4v) is 3.30. The third-order valence-corrected chi connectivity index (χ3v) is 4.80. The zero-order valence-electron chi connectivity index (χ0n) is 15.8. The molecule has 6 heteroatoms. The Morgan fingerprint density at radius 2 is 1.81 bits per heavy atom. The Hall–Kier alpha value is -2.08. The number of ether oxygens (including phenoxy) is 2. The first kappa shape index (κ1) is 21.2. The lowest BCUT2D eigenvalue weighted by Gasteiger charge is -2.35. The van der Waals surface area contributed by atoms with Gasteiger partial charge < -0.3 is 20.1 Å². The monoisotopic (exact) mass is 390 g/mol. The van der Waals surface area contributed by atoms with Crippen LogP contribution in [0, 0.1) is 12.3 Å². The van der Waals surface area contributed by atoms with E-state index in [9.17, 15) is 4.79 Å². The van der Waals surface area contributed by atoms with Gasteiger partial charge in [0.05, 0.1) is 12.0 Å². The van der Waals surface area contributed by atoms with Gasteiger partial charge in [0.1, 0.15) is 11.5 Å². The van der Waals surface area contributed by atoms with E-state index < -0.39 is 5.41 Å². The van der Waals surface area contributed by atoms with Crippen molar-refractivity contribution in [2.75, 3.05) is 32.1 Å². The van der Waals surface area contributed by atoms with Gasteiger partial charge in [0.2, 0.25) is 5.91 Å². The minimum Gasteiger partial charge on any atom is -0.457 e. The molecular formula is C21H27ClN2O3. The van der Waals surface area contributed by atoms with Crippen LogP contribution in [0.5, 0.6) is 11.5 Å². The molecule has 0 atom stereocenters. The van der Waals surface area contributed by atoms with Gasteiger partial charge in [0, 0.05) is 12.8 Å². The van der Waals surface area contributed by atoms with E-state index in [0.29, 0.717) is 6.61 Å². The molecule has 1 heterocycles. The van der Waals surface area contributed by atoms with Gasteiger partial charge >= 0.3 is 0 Å². The summed E-state index contributed by atoms with van der Waals surface area (Å²) >= 11 is 0. The zero-order valence-corrected chi connectivity index (χ0v) is 16.6. The minimum absolute atomic E-state index is 0. The Morgan fingerprint density at radius 1 is 1.11 bits per heavy atom. The van der Waals surface area contributed by atoms with Crippen LogP contribution in [0.1, 0.15) is 18.4 Å². The van der Waals surface area contributed by atoms with Crippen LogP contribution in [0.15, 0.2) is 48.5 Å². The summed E-state index contributed by atoms with van der Waals surface area (Å²) in [6, 6.07) is 15.4. The Kier molecular flexibility index (Phi) is 7.66. The molecule has 0 unspecified atom stereocenters.